The van der Waals surface area contributed by atoms with Gasteiger partial charge in [-0.25, -0.2) is 0 Å². The summed E-state index contributed by atoms with van der Waals surface area (Å²) in [6.07, 6.45) is -2.73. The second-order valence-electron chi connectivity index (χ2n) is 5.09. The maximum absolute atomic E-state index is 13.2. The highest BCUT2D eigenvalue weighted by molar-refractivity contribution is 7.13. The van der Waals surface area contributed by atoms with E-state index in [0.29, 0.717) is 10.4 Å². The van der Waals surface area contributed by atoms with Crippen molar-refractivity contribution in [3.05, 3.63) is 52.8 Å². The zero-order valence-electron chi connectivity index (χ0n) is 12.8. The Kier molecular flexibility index (Phi) is 4.66. The molecule has 2 heterocycles. The van der Waals surface area contributed by atoms with E-state index in [1.54, 1.807) is 25.1 Å². The lowest BCUT2D eigenvalue weighted by atomic mass is 10.1. The molecule has 3 rings (SSSR count). The van der Waals surface area contributed by atoms with Crippen molar-refractivity contribution in [2.24, 2.45) is 0 Å². The lowest BCUT2D eigenvalue weighted by Crippen LogP contribution is -2.32. The van der Waals surface area contributed by atoms with Gasteiger partial charge in [-0.3, -0.25) is 14.7 Å². The van der Waals surface area contributed by atoms with E-state index in [2.05, 4.69) is 9.36 Å². The Hall–Kier alpha value is -2.19. The highest BCUT2D eigenvalue weighted by atomic mass is 35.5. The highest BCUT2D eigenvalue weighted by Gasteiger charge is 2.37. The molecule has 0 spiro atoms. The third kappa shape index (κ3) is 3.19. The number of hydrogen-bond donors (Lipinski definition) is 0. The van der Waals surface area contributed by atoms with Crippen molar-refractivity contribution in [2.45, 2.75) is 13.1 Å². The molecule has 3 aromatic rings. The smallest absolute Gasteiger partial charge is 0.292 e. The molecular weight excluding hydrogens is 375 g/mol. The topological polar surface area (TPSA) is 46.1 Å². The molecular formula is C16H11ClF3N3OS. The number of alkyl halides is 3. The summed E-state index contributed by atoms with van der Waals surface area (Å²) in [6.45, 7) is 1.79. The molecule has 0 aliphatic heterocycles. The minimum Gasteiger partial charge on any atom is -0.292 e. The molecule has 0 atom stereocenters. The van der Waals surface area contributed by atoms with Gasteiger partial charge in [-0.1, -0.05) is 17.7 Å². The normalized spacial score (nSPS) is 11.7. The molecule has 25 heavy (non-hydrogen) atoms. The number of hydrogen-bond acceptors (Lipinski definition) is 4. The number of fused-ring (bicyclic) bond motifs is 1. The molecule has 0 saturated carbocycles. The van der Waals surface area contributed by atoms with Gasteiger partial charge in [0.2, 0.25) is 0 Å². The molecule has 0 unspecified atom stereocenters. The van der Waals surface area contributed by atoms with Gasteiger partial charge in [0.25, 0.3) is 5.91 Å². The average molecular weight is 386 g/mol. The number of pyridine rings is 1. The van der Waals surface area contributed by atoms with E-state index >= 15 is 0 Å². The van der Waals surface area contributed by atoms with Crippen molar-refractivity contribution in [1.82, 2.24) is 9.36 Å². The van der Waals surface area contributed by atoms with Crippen LogP contribution >= 0.6 is 23.1 Å². The van der Waals surface area contributed by atoms with Gasteiger partial charge in [-0.05, 0) is 36.7 Å². The van der Waals surface area contributed by atoms with E-state index in [4.69, 9.17) is 11.6 Å². The molecule has 0 aliphatic carbocycles. The first-order chi connectivity index (χ1) is 11.8. The second-order valence-corrected chi connectivity index (χ2v) is 6.30. The van der Waals surface area contributed by atoms with Gasteiger partial charge in [0.15, 0.2) is 5.82 Å². The van der Waals surface area contributed by atoms with Crippen molar-refractivity contribution >= 4 is 44.9 Å². The van der Waals surface area contributed by atoms with Gasteiger partial charge in [0.1, 0.15) is 0 Å². The van der Waals surface area contributed by atoms with E-state index < -0.39 is 23.2 Å². The summed E-state index contributed by atoms with van der Waals surface area (Å²) in [7, 11) is 0. The first-order valence-corrected chi connectivity index (χ1v) is 8.36. The third-order valence-electron chi connectivity index (χ3n) is 3.60. The average Bonchev–Trinajstić information content (AvgIpc) is 3.00. The number of halogens is 4. The van der Waals surface area contributed by atoms with Crippen LogP contribution in [-0.4, -0.2) is 21.8 Å². The lowest BCUT2D eigenvalue weighted by molar-refractivity contribution is -0.138. The molecule has 1 amide bonds. The van der Waals surface area contributed by atoms with Gasteiger partial charge in [0.05, 0.1) is 26.2 Å². The summed E-state index contributed by atoms with van der Waals surface area (Å²) in [6, 6.07) is 5.96. The van der Waals surface area contributed by atoms with Crippen LogP contribution in [0.3, 0.4) is 0 Å². The second kappa shape index (κ2) is 6.61. The maximum atomic E-state index is 13.2. The van der Waals surface area contributed by atoms with Gasteiger partial charge >= 0.3 is 6.18 Å². The molecule has 0 saturated heterocycles. The molecule has 2 aromatic heterocycles. The van der Waals surface area contributed by atoms with Crippen LogP contribution in [0.5, 0.6) is 0 Å². The molecule has 0 N–H and O–H groups in total. The van der Waals surface area contributed by atoms with Crippen LogP contribution in [0.4, 0.5) is 19.0 Å². The number of rotatable bonds is 3. The fourth-order valence-electron chi connectivity index (χ4n) is 2.47. The van der Waals surface area contributed by atoms with E-state index in [1.165, 1.54) is 4.90 Å². The Morgan fingerprint density at radius 1 is 1.32 bits per heavy atom. The monoisotopic (exact) mass is 385 g/mol. The summed E-state index contributed by atoms with van der Waals surface area (Å²) in [5, 5.41) is 0.927. The number of nitrogens with zero attached hydrogens (tertiary/aromatic N) is 3. The van der Waals surface area contributed by atoms with E-state index in [9.17, 15) is 18.0 Å². The summed E-state index contributed by atoms with van der Waals surface area (Å²) in [5.74, 6) is -0.579. The predicted molar refractivity (Wildman–Crippen MR) is 91.2 cm³/mol. The fourth-order valence-corrected chi connectivity index (χ4v) is 3.59. The largest absolute Gasteiger partial charge is 0.417 e. The molecule has 0 aliphatic rings. The molecule has 0 bridgehead atoms. The van der Waals surface area contributed by atoms with Crippen molar-refractivity contribution in [3.63, 3.8) is 0 Å². The zero-order chi connectivity index (χ0) is 18.2. The molecule has 4 nitrogen and oxygen atoms in total. The van der Waals surface area contributed by atoms with Crippen LogP contribution in [-0.2, 0) is 6.18 Å². The van der Waals surface area contributed by atoms with Crippen LogP contribution in [0.15, 0.2) is 36.7 Å². The van der Waals surface area contributed by atoms with Gasteiger partial charge in [-0.15, -0.1) is 0 Å². The Bertz CT molecular complexity index is 942. The van der Waals surface area contributed by atoms with Gasteiger partial charge in [-0.2, -0.15) is 17.5 Å². The number of aromatic nitrogens is 2. The van der Waals surface area contributed by atoms with E-state index in [0.717, 1.165) is 34.7 Å². The van der Waals surface area contributed by atoms with Crippen molar-refractivity contribution < 1.29 is 18.0 Å². The van der Waals surface area contributed by atoms with Crippen LogP contribution in [0.2, 0.25) is 5.02 Å². The fraction of sp³-hybridized carbons (Fsp3) is 0.188. The number of carbonyl (C=O) groups excluding carboxylic acids is 1. The minimum absolute atomic E-state index is 0.134. The zero-order valence-corrected chi connectivity index (χ0v) is 14.4. The van der Waals surface area contributed by atoms with E-state index in [-0.39, 0.29) is 12.4 Å². The summed E-state index contributed by atoms with van der Waals surface area (Å²) < 4.78 is 44.6. The first-order valence-electron chi connectivity index (χ1n) is 7.21. The standard InChI is InChI=1S/C16H11ClF3N3OS/c1-2-23(14-13-11(17)4-3-5-12(13)25-22-14)15(24)9-8-21-7-6-10(9)16(18,19)20/h3-8H,2H2,1H3. The maximum Gasteiger partial charge on any atom is 0.417 e. The number of amides is 1. The van der Waals surface area contributed by atoms with Crippen LogP contribution in [0.25, 0.3) is 10.1 Å². The summed E-state index contributed by atoms with van der Waals surface area (Å²) >= 11 is 7.32. The van der Waals surface area contributed by atoms with Gasteiger partial charge < -0.3 is 0 Å². The van der Waals surface area contributed by atoms with Crippen molar-refractivity contribution in [2.75, 3.05) is 11.4 Å². The summed E-state index contributed by atoms with van der Waals surface area (Å²) in [4.78, 5) is 17.6. The Balaban J connectivity index is 2.12. The van der Waals surface area contributed by atoms with E-state index in [1.807, 2.05) is 0 Å². The Labute approximate surface area is 150 Å². The molecule has 1 aromatic carbocycles. The highest BCUT2D eigenvalue weighted by Crippen LogP contribution is 2.37. The first kappa shape index (κ1) is 17.6. The van der Waals surface area contributed by atoms with Gasteiger partial charge in [0, 0.05) is 18.9 Å². The number of benzene rings is 1. The molecule has 130 valence electrons. The number of anilines is 1. The summed E-state index contributed by atoms with van der Waals surface area (Å²) in [5.41, 5.74) is -1.55. The SMILES string of the molecule is CCN(C(=O)c1cnccc1C(F)(F)F)c1nsc2cccc(Cl)c12. The van der Waals surface area contributed by atoms with Crippen molar-refractivity contribution in [1.29, 1.82) is 0 Å². The van der Waals surface area contributed by atoms with Crippen LogP contribution in [0.1, 0.15) is 22.8 Å². The molecule has 0 radical (unpaired) electrons. The minimum atomic E-state index is -4.66. The number of carbonyl (C=O) groups is 1. The van der Waals surface area contributed by atoms with Crippen LogP contribution in [0, 0.1) is 0 Å². The van der Waals surface area contributed by atoms with Crippen molar-refractivity contribution in [3.8, 4) is 0 Å². The molecule has 0 fully saturated rings. The Morgan fingerprint density at radius 2 is 2.08 bits per heavy atom. The third-order valence-corrected chi connectivity index (χ3v) is 4.72. The molecule has 9 heteroatoms. The lowest BCUT2D eigenvalue weighted by Gasteiger charge is -2.21. The quantitative estimate of drug-likeness (QED) is 0.635. The van der Waals surface area contributed by atoms with Crippen LogP contribution < -0.4 is 4.90 Å². The Morgan fingerprint density at radius 3 is 2.76 bits per heavy atom. The predicted octanol–water partition coefficient (Wildman–Crippen LogP) is 5.03.